The molecule has 0 aliphatic carbocycles. The van der Waals surface area contributed by atoms with E-state index in [2.05, 4.69) is 22.5 Å². The molecule has 26 heavy (non-hydrogen) atoms. The molecule has 1 aliphatic rings. The Bertz CT molecular complexity index is 586. The summed E-state index contributed by atoms with van der Waals surface area (Å²) < 4.78 is 0. The number of carbonyl (C=O) groups is 2. The van der Waals surface area contributed by atoms with Crippen molar-refractivity contribution < 1.29 is 9.59 Å². The monoisotopic (exact) mass is 379 g/mol. The van der Waals surface area contributed by atoms with Crippen molar-refractivity contribution in [1.82, 2.24) is 15.5 Å². The summed E-state index contributed by atoms with van der Waals surface area (Å²) in [5.41, 5.74) is 0.928. The van der Waals surface area contributed by atoms with Crippen LogP contribution in [-0.2, 0) is 16.1 Å². The summed E-state index contributed by atoms with van der Waals surface area (Å²) >= 11 is 6.09. The molecule has 2 rings (SSSR count). The molecule has 0 bridgehead atoms. The van der Waals surface area contributed by atoms with Crippen molar-refractivity contribution in [2.75, 3.05) is 26.2 Å². The fraction of sp³-hybridized carbons (Fsp3) is 0.600. The van der Waals surface area contributed by atoms with E-state index in [9.17, 15) is 9.59 Å². The Kier molecular flexibility index (Phi) is 8.92. The number of hydrogen-bond donors (Lipinski definition) is 2. The smallest absolute Gasteiger partial charge is 0.223 e. The highest BCUT2D eigenvalue weighted by atomic mass is 35.5. The van der Waals surface area contributed by atoms with E-state index < -0.39 is 0 Å². The van der Waals surface area contributed by atoms with Gasteiger partial charge in [0.25, 0.3) is 0 Å². The third-order valence-electron chi connectivity index (χ3n) is 4.88. The average Bonchev–Trinajstić information content (AvgIpc) is 2.66. The third-order valence-corrected chi connectivity index (χ3v) is 5.25. The molecule has 0 radical (unpaired) electrons. The van der Waals surface area contributed by atoms with Crippen LogP contribution < -0.4 is 10.6 Å². The van der Waals surface area contributed by atoms with E-state index in [4.69, 9.17) is 11.6 Å². The van der Waals surface area contributed by atoms with Crippen LogP contribution in [0.3, 0.4) is 0 Å². The number of nitrogens with one attached hydrogen (secondary N) is 2. The number of piperidine rings is 1. The molecule has 144 valence electrons. The normalized spacial score (nSPS) is 15.6. The predicted octanol–water partition coefficient (Wildman–Crippen LogP) is 2.97. The van der Waals surface area contributed by atoms with E-state index in [0.29, 0.717) is 18.0 Å². The maximum Gasteiger partial charge on any atom is 0.223 e. The zero-order valence-electron chi connectivity index (χ0n) is 15.6. The summed E-state index contributed by atoms with van der Waals surface area (Å²) in [5, 5.41) is 6.62. The first-order valence-electron chi connectivity index (χ1n) is 9.60. The number of unbranched alkanes of at least 4 members (excludes halogenated alkanes) is 1. The van der Waals surface area contributed by atoms with E-state index >= 15 is 0 Å². The van der Waals surface area contributed by atoms with Gasteiger partial charge in [-0.2, -0.15) is 0 Å². The number of halogens is 1. The molecule has 0 aromatic heterocycles. The Morgan fingerprint density at radius 2 is 1.92 bits per heavy atom. The lowest BCUT2D eigenvalue weighted by molar-refractivity contribution is -0.127. The zero-order valence-corrected chi connectivity index (χ0v) is 16.4. The Hall–Kier alpha value is -1.59. The van der Waals surface area contributed by atoms with Crippen LogP contribution in [0.15, 0.2) is 24.3 Å². The summed E-state index contributed by atoms with van der Waals surface area (Å²) in [4.78, 5) is 26.4. The molecular formula is C20H30ClN3O2. The molecule has 1 fully saturated rings. The number of hydrogen-bond acceptors (Lipinski definition) is 3. The molecule has 6 heteroatoms. The lowest BCUT2D eigenvalue weighted by Crippen LogP contribution is -2.41. The lowest BCUT2D eigenvalue weighted by atomic mass is 9.95. The molecule has 0 spiro atoms. The van der Waals surface area contributed by atoms with Gasteiger partial charge in [0.2, 0.25) is 11.8 Å². The summed E-state index contributed by atoms with van der Waals surface area (Å²) in [6, 6.07) is 7.53. The molecule has 0 saturated carbocycles. The van der Waals surface area contributed by atoms with Crippen LogP contribution in [0.5, 0.6) is 0 Å². The lowest BCUT2D eigenvalue weighted by Gasteiger charge is -2.31. The first-order valence-corrected chi connectivity index (χ1v) is 9.98. The molecule has 0 atom stereocenters. The van der Waals surface area contributed by atoms with E-state index in [1.54, 1.807) is 0 Å². The van der Waals surface area contributed by atoms with Gasteiger partial charge in [-0.25, -0.2) is 0 Å². The summed E-state index contributed by atoms with van der Waals surface area (Å²) in [7, 11) is 0. The number of benzene rings is 1. The summed E-state index contributed by atoms with van der Waals surface area (Å²) in [5.74, 6) is 0.345. The van der Waals surface area contributed by atoms with Gasteiger partial charge in [-0.1, -0.05) is 43.1 Å². The number of nitrogens with zero attached hydrogens (tertiary/aromatic N) is 1. The number of carbonyl (C=O) groups excluding carboxylic acids is 2. The van der Waals surface area contributed by atoms with E-state index in [0.717, 1.165) is 57.4 Å². The number of amides is 2. The Morgan fingerprint density at radius 1 is 1.19 bits per heavy atom. The van der Waals surface area contributed by atoms with Crippen LogP contribution in [0.25, 0.3) is 0 Å². The number of rotatable bonds is 9. The van der Waals surface area contributed by atoms with Crippen LogP contribution in [0, 0.1) is 5.92 Å². The molecule has 1 heterocycles. The molecule has 1 aliphatic heterocycles. The second-order valence-corrected chi connectivity index (χ2v) is 7.29. The zero-order chi connectivity index (χ0) is 18.8. The minimum atomic E-state index is 0.0318. The third kappa shape index (κ3) is 6.96. The van der Waals surface area contributed by atoms with Gasteiger partial charge in [-0.3, -0.25) is 9.59 Å². The van der Waals surface area contributed by atoms with Gasteiger partial charge in [0, 0.05) is 37.0 Å². The molecule has 2 amide bonds. The topological polar surface area (TPSA) is 61.4 Å². The van der Waals surface area contributed by atoms with Crippen molar-refractivity contribution in [1.29, 1.82) is 0 Å². The van der Waals surface area contributed by atoms with Gasteiger partial charge in [0.05, 0.1) is 0 Å². The maximum absolute atomic E-state index is 12.1. The van der Waals surface area contributed by atoms with Crippen molar-refractivity contribution in [2.45, 2.75) is 45.6 Å². The highest BCUT2D eigenvalue weighted by molar-refractivity contribution is 6.31. The standard InChI is InChI=1S/C20H30ClN3O2/c1-2-3-11-22-20(26)16-8-12-24(13-9-16)14-10-19(25)23-15-17-6-4-5-7-18(17)21/h4-7,16H,2-3,8-15H2,1H3,(H,22,26)(H,23,25). The molecule has 1 saturated heterocycles. The molecule has 5 nitrogen and oxygen atoms in total. The van der Waals surface area contributed by atoms with E-state index in [-0.39, 0.29) is 17.7 Å². The van der Waals surface area contributed by atoms with Gasteiger partial charge < -0.3 is 15.5 Å². The van der Waals surface area contributed by atoms with Gasteiger partial charge in [-0.15, -0.1) is 0 Å². The van der Waals surface area contributed by atoms with Gasteiger partial charge in [0.1, 0.15) is 0 Å². The average molecular weight is 380 g/mol. The quantitative estimate of drug-likeness (QED) is 0.648. The van der Waals surface area contributed by atoms with Gasteiger partial charge in [0.15, 0.2) is 0 Å². The van der Waals surface area contributed by atoms with Crippen LogP contribution in [0.4, 0.5) is 0 Å². The van der Waals surface area contributed by atoms with Crippen molar-refractivity contribution in [3.63, 3.8) is 0 Å². The largest absolute Gasteiger partial charge is 0.356 e. The maximum atomic E-state index is 12.1. The van der Waals surface area contributed by atoms with Crippen LogP contribution >= 0.6 is 11.6 Å². The summed E-state index contributed by atoms with van der Waals surface area (Å²) in [6.07, 6.45) is 4.35. The van der Waals surface area contributed by atoms with E-state index in [1.165, 1.54) is 0 Å². The first kappa shape index (κ1) is 20.7. The molecule has 1 aromatic carbocycles. The van der Waals surface area contributed by atoms with Crippen molar-refractivity contribution in [2.24, 2.45) is 5.92 Å². The fourth-order valence-corrected chi connectivity index (χ4v) is 3.34. The van der Waals surface area contributed by atoms with Crippen molar-refractivity contribution in [3.8, 4) is 0 Å². The van der Waals surface area contributed by atoms with E-state index in [1.807, 2.05) is 24.3 Å². The van der Waals surface area contributed by atoms with Crippen LogP contribution in [-0.4, -0.2) is 42.9 Å². The van der Waals surface area contributed by atoms with Crippen LogP contribution in [0.1, 0.15) is 44.6 Å². The Labute approximate surface area is 161 Å². The molecular weight excluding hydrogens is 350 g/mol. The fourth-order valence-electron chi connectivity index (χ4n) is 3.14. The van der Waals surface area contributed by atoms with Crippen molar-refractivity contribution in [3.05, 3.63) is 34.9 Å². The minimum Gasteiger partial charge on any atom is -0.356 e. The second-order valence-electron chi connectivity index (χ2n) is 6.88. The van der Waals surface area contributed by atoms with Gasteiger partial charge in [-0.05, 0) is 44.0 Å². The highest BCUT2D eigenvalue weighted by Crippen LogP contribution is 2.18. The van der Waals surface area contributed by atoms with Gasteiger partial charge >= 0.3 is 0 Å². The highest BCUT2D eigenvalue weighted by Gasteiger charge is 2.24. The predicted molar refractivity (Wildman–Crippen MR) is 105 cm³/mol. The molecule has 1 aromatic rings. The van der Waals surface area contributed by atoms with Crippen molar-refractivity contribution >= 4 is 23.4 Å². The second kappa shape index (κ2) is 11.2. The minimum absolute atomic E-state index is 0.0318. The van der Waals surface area contributed by atoms with Crippen LogP contribution in [0.2, 0.25) is 5.02 Å². The molecule has 2 N–H and O–H groups in total. The molecule has 0 unspecified atom stereocenters. The number of likely N-dealkylation sites (tertiary alicyclic amines) is 1. The SMILES string of the molecule is CCCCNC(=O)C1CCN(CCC(=O)NCc2ccccc2Cl)CC1. The first-order chi connectivity index (χ1) is 12.6. The Balaban J connectivity index is 1.61. The summed E-state index contributed by atoms with van der Waals surface area (Å²) in [6.45, 7) is 5.85. The Morgan fingerprint density at radius 3 is 2.62 bits per heavy atom.